The van der Waals surface area contributed by atoms with Crippen molar-refractivity contribution >= 4 is 23.6 Å². The highest BCUT2D eigenvalue weighted by Crippen LogP contribution is 2.28. The second-order valence-electron chi connectivity index (χ2n) is 6.03. The molecular formula is C15H24N4O5. The van der Waals surface area contributed by atoms with Crippen LogP contribution >= 0.6 is 0 Å². The van der Waals surface area contributed by atoms with Gasteiger partial charge in [-0.2, -0.15) is 0 Å². The minimum Gasteiger partial charge on any atom is -0.370 e. The van der Waals surface area contributed by atoms with Crippen LogP contribution in [0.4, 0.5) is 0 Å². The molecule has 2 aliphatic heterocycles. The van der Waals surface area contributed by atoms with Gasteiger partial charge in [0.05, 0.1) is 6.61 Å². The van der Waals surface area contributed by atoms with Crippen LogP contribution in [0.2, 0.25) is 0 Å². The number of rotatable bonds is 7. The molecular weight excluding hydrogens is 316 g/mol. The molecule has 0 bridgehead atoms. The Bertz CT molecular complexity index is 524. The van der Waals surface area contributed by atoms with E-state index in [1.54, 1.807) is 0 Å². The van der Waals surface area contributed by atoms with Crippen molar-refractivity contribution in [1.29, 1.82) is 0 Å². The summed E-state index contributed by atoms with van der Waals surface area (Å²) >= 11 is 0. The molecule has 9 heteroatoms. The normalized spacial score (nSPS) is 26.0. The number of hydrogen-bond donors (Lipinski definition) is 3. The van der Waals surface area contributed by atoms with Crippen LogP contribution in [0.25, 0.3) is 0 Å². The average molecular weight is 340 g/mol. The molecule has 0 aromatic rings. The van der Waals surface area contributed by atoms with Crippen LogP contribution in [0.15, 0.2) is 0 Å². The highest BCUT2D eigenvalue weighted by molar-refractivity contribution is 5.93. The quantitative estimate of drug-likeness (QED) is 0.491. The van der Waals surface area contributed by atoms with E-state index in [2.05, 4.69) is 10.6 Å². The summed E-state index contributed by atoms with van der Waals surface area (Å²) in [4.78, 5) is 48.5. The first-order valence-electron chi connectivity index (χ1n) is 8.17. The lowest BCUT2D eigenvalue weighted by Gasteiger charge is -2.35. The molecule has 0 aromatic carbocycles. The van der Waals surface area contributed by atoms with E-state index in [1.165, 1.54) is 11.9 Å². The number of carbonyl (C=O) groups is 4. The van der Waals surface area contributed by atoms with E-state index in [-0.39, 0.29) is 37.2 Å². The molecule has 1 unspecified atom stereocenters. The van der Waals surface area contributed by atoms with Crippen LogP contribution in [-0.2, 0) is 23.9 Å². The van der Waals surface area contributed by atoms with E-state index in [0.29, 0.717) is 25.7 Å². The average Bonchev–Trinajstić information content (AvgIpc) is 2.98. The fourth-order valence-corrected chi connectivity index (χ4v) is 3.05. The van der Waals surface area contributed by atoms with Gasteiger partial charge in [0.2, 0.25) is 23.6 Å². The fraction of sp³-hybridized carbons (Fsp3) is 0.733. The molecule has 4 N–H and O–H groups in total. The molecule has 9 nitrogen and oxygen atoms in total. The Morgan fingerprint density at radius 2 is 1.96 bits per heavy atom. The molecule has 24 heavy (non-hydrogen) atoms. The summed E-state index contributed by atoms with van der Waals surface area (Å²) in [6.07, 6.45) is 2.21. The van der Waals surface area contributed by atoms with Crippen molar-refractivity contribution < 1.29 is 23.9 Å². The number of amides is 4. The minimum atomic E-state index is -0.650. The maximum absolute atomic E-state index is 12.6. The molecule has 0 radical (unpaired) electrons. The van der Waals surface area contributed by atoms with Crippen LogP contribution in [-0.4, -0.2) is 60.5 Å². The monoisotopic (exact) mass is 340 g/mol. The molecule has 0 spiro atoms. The third kappa shape index (κ3) is 4.22. The van der Waals surface area contributed by atoms with Gasteiger partial charge in [-0.05, 0) is 25.7 Å². The highest BCUT2D eigenvalue weighted by atomic mass is 16.5. The number of carbonyl (C=O) groups excluding carboxylic acids is 4. The molecule has 0 aliphatic carbocycles. The predicted molar refractivity (Wildman–Crippen MR) is 83.3 cm³/mol. The number of piperidine rings is 1. The molecule has 4 amide bonds. The Kier molecular flexibility index (Phi) is 6.13. The second-order valence-corrected chi connectivity index (χ2v) is 6.03. The first-order valence-corrected chi connectivity index (χ1v) is 8.17. The van der Waals surface area contributed by atoms with Gasteiger partial charge < -0.3 is 26.0 Å². The highest BCUT2D eigenvalue weighted by Gasteiger charge is 2.47. The lowest BCUT2D eigenvalue weighted by molar-refractivity contribution is -0.150. The van der Waals surface area contributed by atoms with Gasteiger partial charge in [-0.15, -0.1) is 0 Å². The summed E-state index contributed by atoms with van der Waals surface area (Å²) < 4.78 is 5.51. The van der Waals surface area contributed by atoms with Crippen molar-refractivity contribution in [3.63, 3.8) is 0 Å². The second kappa shape index (κ2) is 8.09. The van der Waals surface area contributed by atoms with Gasteiger partial charge in [-0.25, -0.2) is 0 Å². The number of hydrogen-bond acceptors (Lipinski definition) is 5. The molecule has 134 valence electrons. The summed E-state index contributed by atoms with van der Waals surface area (Å²) in [5.74, 6) is -1.20. The Labute approximate surface area is 140 Å². The Hall–Kier alpha value is -2.16. The van der Waals surface area contributed by atoms with Gasteiger partial charge in [0.25, 0.3) is 0 Å². The van der Waals surface area contributed by atoms with Crippen LogP contribution in [0.3, 0.4) is 0 Å². The first-order chi connectivity index (χ1) is 11.4. The first kappa shape index (κ1) is 18.2. The number of unbranched alkanes of at least 4 members (excludes halogenated alkanes) is 1. The zero-order chi connectivity index (χ0) is 17.7. The molecule has 2 fully saturated rings. The largest absolute Gasteiger partial charge is 0.370 e. The summed E-state index contributed by atoms with van der Waals surface area (Å²) in [5, 5.41) is 5.23. The molecule has 3 atom stereocenters. The predicted octanol–water partition coefficient (Wildman–Crippen LogP) is -1.39. The smallest absolute Gasteiger partial charge is 0.247 e. The van der Waals surface area contributed by atoms with Crippen molar-refractivity contribution in [3.05, 3.63) is 0 Å². The molecule has 2 rings (SSSR count). The van der Waals surface area contributed by atoms with Crippen LogP contribution in [0, 0.1) is 0 Å². The van der Waals surface area contributed by atoms with E-state index < -0.39 is 24.2 Å². The molecule has 0 saturated carbocycles. The van der Waals surface area contributed by atoms with E-state index in [9.17, 15) is 19.2 Å². The Balaban J connectivity index is 1.86. The van der Waals surface area contributed by atoms with Crippen molar-refractivity contribution in [1.82, 2.24) is 15.5 Å². The van der Waals surface area contributed by atoms with Gasteiger partial charge in [-0.3, -0.25) is 19.2 Å². The summed E-state index contributed by atoms with van der Waals surface area (Å²) in [6, 6.07) is -1.29. The van der Waals surface area contributed by atoms with Crippen molar-refractivity contribution in [2.75, 3.05) is 13.7 Å². The van der Waals surface area contributed by atoms with Gasteiger partial charge in [0.15, 0.2) is 0 Å². The van der Waals surface area contributed by atoms with E-state index in [0.717, 1.165) is 0 Å². The molecule has 2 aliphatic rings. The lowest BCUT2D eigenvalue weighted by atomic mass is 10.0. The van der Waals surface area contributed by atoms with Gasteiger partial charge in [0, 0.05) is 19.9 Å². The van der Waals surface area contributed by atoms with Crippen molar-refractivity contribution in [2.24, 2.45) is 5.73 Å². The topological polar surface area (TPSA) is 131 Å². The Morgan fingerprint density at radius 3 is 2.62 bits per heavy atom. The number of ether oxygens (including phenoxy) is 1. The third-order valence-electron chi connectivity index (χ3n) is 4.31. The number of likely N-dealkylation sites (N-methyl/N-ethyl adjacent to an activating group) is 1. The number of fused-ring (bicyclic) bond motifs is 1. The number of nitrogens with two attached hydrogens (primary N) is 1. The standard InChI is InChI=1S/C15H24N4O5/c1-17-14(22)10-8-24-13-7-6-9(15(23)19(10)13)18-12(21)5-3-2-4-11(16)20/h9-10,13H,2-8H2,1H3,(H2,16,20)(H,17,22)(H,18,21)/t9-,10?,13-/m0/s1. The van der Waals surface area contributed by atoms with E-state index >= 15 is 0 Å². The number of nitrogens with one attached hydrogen (secondary N) is 2. The fourth-order valence-electron chi connectivity index (χ4n) is 3.05. The van der Waals surface area contributed by atoms with Crippen molar-refractivity contribution in [3.8, 4) is 0 Å². The zero-order valence-electron chi connectivity index (χ0n) is 13.7. The Morgan fingerprint density at radius 1 is 1.25 bits per heavy atom. The maximum atomic E-state index is 12.6. The molecule has 2 saturated heterocycles. The maximum Gasteiger partial charge on any atom is 0.247 e. The third-order valence-corrected chi connectivity index (χ3v) is 4.31. The molecule has 0 aromatic heterocycles. The van der Waals surface area contributed by atoms with Crippen LogP contribution in [0.5, 0.6) is 0 Å². The summed E-state index contributed by atoms with van der Waals surface area (Å²) in [5.41, 5.74) is 5.04. The van der Waals surface area contributed by atoms with Gasteiger partial charge in [0.1, 0.15) is 18.3 Å². The van der Waals surface area contributed by atoms with Crippen LogP contribution in [0.1, 0.15) is 38.5 Å². The van der Waals surface area contributed by atoms with Gasteiger partial charge >= 0.3 is 0 Å². The summed E-state index contributed by atoms with van der Waals surface area (Å²) in [6.45, 7) is 0.170. The van der Waals surface area contributed by atoms with Gasteiger partial charge in [-0.1, -0.05) is 0 Å². The van der Waals surface area contributed by atoms with E-state index in [4.69, 9.17) is 10.5 Å². The van der Waals surface area contributed by atoms with Crippen LogP contribution < -0.4 is 16.4 Å². The molecule has 2 heterocycles. The van der Waals surface area contributed by atoms with Crippen molar-refractivity contribution in [2.45, 2.75) is 56.8 Å². The minimum absolute atomic E-state index is 0.170. The SMILES string of the molecule is CNC(=O)C1CO[C@H]2CC[C@H](NC(=O)CCCCC(N)=O)C(=O)N12. The number of nitrogens with zero attached hydrogens (tertiary/aromatic N) is 1. The van der Waals surface area contributed by atoms with E-state index in [1.807, 2.05) is 0 Å². The summed E-state index contributed by atoms with van der Waals surface area (Å²) in [7, 11) is 1.51. The number of primary amides is 1. The zero-order valence-corrected chi connectivity index (χ0v) is 13.7. The lowest BCUT2D eigenvalue weighted by Crippen LogP contribution is -2.59.